The predicted molar refractivity (Wildman–Crippen MR) is 49.6 cm³/mol. The van der Waals surface area contributed by atoms with Crippen LogP contribution >= 0.6 is 0 Å². The molecular weight excluding hydrogens is 134 g/mol. The van der Waals surface area contributed by atoms with Gasteiger partial charge in [0, 0.05) is 6.04 Å². The van der Waals surface area contributed by atoms with E-state index >= 15 is 0 Å². The Kier molecular flexibility index (Phi) is 3.13. The molecule has 11 heavy (non-hydrogen) atoms. The average molecular weight is 153 g/mol. The molecule has 0 bridgehead atoms. The van der Waals surface area contributed by atoms with Gasteiger partial charge in [-0.25, -0.2) is 0 Å². The van der Waals surface area contributed by atoms with E-state index < -0.39 is 0 Å². The molecule has 0 saturated carbocycles. The Hall–Kier alpha value is -0.300. The van der Waals surface area contributed by atoms with E-state index in [2.05, 4.69) is 31.4 Å². The first-order valence-corrected chi connectivity index (χ1v) is 4.62. The molecule has 1 saturated heterocycles. The van der Waals surface area contributed by atoms with Crippen LogP contribution in [0.4, 0.5) is 0 Å². The highest BCUT2D eigenvalue weighted by Gasteiger charge is 2.21. The molecule has 0 radical (unpaired) electrons. The van der Waals surface area contributed by atoms with Gasteiger partial charge in [-0.3, -0.25) is 4.90 Å². The van der Waals surface area contributed by atoms with Gasteiger partial charge in [0.1, 0.15) is 0 Å². The molecule has 1 unspecified atom stereocenters. The van der Waals surface area contributed by atoms with Gasteiger partial charge in [-0.1, -0.05) is 19.9 Å². The van der Waals surface area contributed by atoms with Gasteiger partial charge in [0.15, 0.2) is 0 Å². The smallest absolute Gasteiger partial charge is 0.0298 e. The van der Waals surface area contributed by atoms with Crippen LogP contribution in [0.1, 0.15) is 26.7 Å². The third-order valence-electron chi connectivity index (χ3n) is 2.49. The summed E-state index contributed by atoms with van der Waals surface area (Å²) in [5.74, 6) is 0.714. The summed E-state index contributed by atoms with van der Waals surface area (Å²) in [6.45, 7) is 11.0. The minimum atomic E-state index is 0.609. The van der Waals surface area contributed by atoms with Crippen molar-refractivity contribution >= 4 is 0 Å². The fraction of sp³-hybridized carbons (Fsp3) is 0.800. The number of hydrogen-bond acceptors (Lipinski definition) is 1. The minimum Gasteiger partial charge on any atom is -0.297 e. The molecule has 1 heterocycles. The topological polar surface area (TPSA) is 3.24 Å². The first-order valence-electron chi connectivity index (χ1n) is 4.62. The van der Waals surface area contributed by atoms with Crippen molar-refractivity contribution in [3.63, 3.8) is 0 Å². The van der Waals surface area contributed by atoms with Crippen LogP contribution in [0.25, 0.3) is 0 Å². The van der Waals surface area contributed by atoms with Crippen LogP contribution in [0.2, 0.25) is 0 Å². The largest absolute Gasteiger partial charge is 0.297 e. The molecular formula is C10H19N. The molecule has 0 aromatic heterocycles. The summed E-state index contributed by atoms with van der Waals surface area (Å²) in [6.07, 6.45) is 4.84. The van der Waals surface area contributed by atoms with Crippen LogP contribution in [0.15, 0.2) is 12.7 Å². The lowest BCUT2D eigenvalue weighted by molar-refractivity contribution is 0.233. The molecule has 1 heteroatoms. The van der Waals surface area contributed by atoms with E-state index in [-0.39, 0.29) is 0 Å². The molecule has 1 nitrogen and oxygen atoms in total. The summed E-state index contributed by atoms with van der Waals surface area (Å²) >= 11 is 0. The number of likely N-dealkylation sites (tertiary alicyclic amines) is 1. The Morgan fingerprint density at radius 1 is 1.27 bits per heavy atom. The van der Waals surface area contributed by atoms with Gasteiger partial charge in [-0.05, 0) is 31.8 Å². The molecule has 1 aliphatic rings. The van der Waals surface area contributed by atoms with Crippen LogP contribution in [0, 0.1) is 5.92 Å². The quantitative estimate of drug-likeness (QED) is 0.562. The van der Waals surface area contributed by atoms with Gasteiger partial charge < -0.3 is 0 Å². The zero-order valence-electron chi connectivity index (χ0n) is 7.71. The molecule has 0 aromatic carbocycles. The number of hydrogen-bond donors (Lipinski definition) is 0. The monoisotopic (exact) mass is 153 g/mol. The molecule has 64 valence electrons. The van der Waals surface area contributed by atoms with Crippen molar-refractivity contribution in [1.82, 2.24) is 4.90 Å². The lowest BCUT2D eigenvalue weighted by atomic mass is 10.0. The Bertz CT molecular complexity index is 123. The fourth-order valence-electron chi connectivity index (χ4n) is 1.88. The predicted octanol–water partition coefficient (Wildman–Crippen LogP) is 2.29. The van der Waals surface area contributed by atoms with Gasteiger partial charge in [-0.2, -0.15) is 0 Å². The Balaban J connectivity index is 2.46. The highest BCUT2D eigenvalue weighted by Crippen LogP contribution is 2.17. The van der Waals surface area contributed by atoms with E-state index in [0.29, 0.717) is 12.0 Å². The third-order valence-corrected chi connectivity index (χ3v) is 2.49. The van der Waals surface area contributed by atoms with Crippen LogP contribution in [-0.2, 0) is 0 Å². The maximum absolute atomic E-state index is 3.89. The van der Waals surface area contributed by atoms with Crippen LogP contribution in [-0.4, -0.2) is 24.0 Å². The molecule has 1 fully saturated rings. The van der Waals surface area contributed by atoms with E-state index in [4.69, 9.17) is 0 Å². The zero-order chi connectivity index (χ0) is 8.27. The minimum absolute atomic E-state index is 0.609. The summed E-state index contributed by atoms with van der Waals surface area (Å²) in [6, 6.07) is 0.609. The van der Waals surface area contributed by atoms with Crippen molar-refractivity contribution in [2.24, 2.45) is 5.92 Å². The zero-order valence-corrected chi connectivity index (χ0v) is 7.71. The third kappa shape index (κ3) is 2.06. The normalized spacial score (nSPS) is 22.5. The van der Waals surface area contributed by atoms with Crippen molar-refractivity contribution in [2.45, 2.75) is 32.7 Å². The van der Waals surface area contributed by atoms with Gasteiger partial charge >= 0.3 is 0 Å². The lowest BCUT2D eigenvalue weighted by Crippen LogP contribution is -2.34. The molecule has 1 rings (SSSR count). The van der Waals surface area contributed by atoms with E-state index in [9.17, 15) is 0 Å². The highest BCUT2D eigenvalue weighted by molar-refractivity contribution is 4.91. The molecule has 0 N–H and O–H groups in total. The van der Waals surface area contributed by atoms with Crippen LogP contribution in [0.5, 0.6) is 0 Å². The second-order valence-electron chi connectivity index (χ2n) is 3.71. The molecule has 0 spiro atoms. The van der Waals surface area contributed by atoms with Gasteiger partial charge in [-0.15, -0.1) is 6.58 Å². The number of nitrogens with zero attached hydrogens (tertiary/aromatic N) is 1. The second kappa shape index (κ2) is 3.91. The van der Waals surface area contributed by atoms with Crippen molar-refractivity contribution in [3.05, 3.63) is 12.7 Å². The van der Waals surface area contributed by atoms with Crippen molar-refractivity contribution in [2.75, 3.05) is 13.1 Å². The van der Waals surface area contributed by atoms with Crippen molar-refractivity contribution in [3.8, 4) is 0 Å². The van der Waals surface area contributed by atoms with Crippen LogP contribution < -0.4 is 0 Å². The summed E-state index contributed by atoms with van der Waals surface area (Å²) in [5, 5.41) is 0. The van der Waals surface area contributed by atoms with Gasteiger partial charge in [0.25, 0.3) is 0 Å². The summed E-state index contributed by atoms with van der Waals surface area (Å²) in [7, 11) is 0. The van der Waals surface area contributed by atoms with Crippen molar-refractivity contribution in [1.29, 1.82) is 0 Å². The maximum atomic E-state index is 3.89. The maximum Gasteiger partial charge on any atom is 0.0298 e. The summed E-state index contributed by atoms with van der Waals surface area (Å²) in [4.78, 5) is 2.54. The van der Waals surface area contributed by atoms with E-state index in [1.165, 1.54) is 25.9 Å². The molecule has 0 aliphatic carbocycles. The Labute approximate surface area is 70.1 Å². The first-order chi connectivity index (χ1) is 5.25. The fourth-order valence-corrected chi connectivity index (χ4v) is 1.88. The molecule has 0 amide bonds. The molecule has 0 aromatic rings. The van der Waals surface area contributed by atoms with E-state index in [0.717, 1.165) is 0 Å². The lowest BCUT2D eigenvalue weighted by Gasteiger charge is -2.27. The molecule has 1 aliphatic heterocycles. The summed E-state index contributed by atoms with van der Waals surface area (Å²) < 4.78 is 0. The SMILES string of the molecule is C=CC(C(C)C)N1CCCC1. The van der Waals surface area contributed by atoms with E-state index in [1.54, 1.807) is 0 Å². The average Bonchev–Trinajstić information content (AvgIpc) is 2.40. The highest BCUT2D eigenvalue weighted by atomic mass is 15.2. The summed E-state index contributed by atoms with van der Waals surface area (Å²) in [5.41, 5.74) is 0. The molecule has 1 atom stereocenters. The second-order valence-corrected chi connectivity index (χ2v) is 3.71. The Morgan fingerprint density at radius 3 is 2.18 bits per heavy atom. The number of rotatable bonds is 3. The van der Waals surface area contributed by atoms with Crippen LogP contribution in [0.3, 0.4) is 0 Å². The standard InChI is InChI=1S/C10H19N/c1-4-10(9(2)3)11-7-5-6-8-11/h4,9-10H,1,5-8H2,2-3H3. The van der Waals surface area contributed by atoms with Crippen molar-refractivity contribution < 1.29 is 0 Å². The first kappa shape index (κ1) is 8.79. The Morgan fingerprint density at radius 2 is 1.82 bits per heavy atom. The van der Waals surface area contributed by atoms with E-state index in [1.807, 2.05) is 0 Å². The van der Waals surface area contributed by atoms with Gasteiger partial charge in [0.2, 0.25) is 0 Å². The van der Waals surface area contributed by atoms with Gasteiger partial charge in [0.05, 0.1) is 0 Å².